The number of halogens is 1. The van der Waals surface area contributed by atoms with E-state index in [0.29, 0.717) is 16.3 Å². The van der Waals surface area contributed by atoms with E-state index in [-0.39, 0.29) is 11.6 Å². The molecule has 0 aliphatic carbocycles. The van der Waals surface area contributed by atoms with E-state index < -0.39 is 5.97 Å². The van der Waals surface area contributed by atoms with Crippen LogP contribution in [0.4, 0.5) is 0 Å². The number of hydrogen-bond donors (Lipinski definition) is 0. The molecule has 4 nitrogen and oxygen atoms in total. The SMILES string of the molecule is COc1ccc(Cl)cc1C1=N/C(=C\C(C)=C\c2ccccc2)C(=O)O1. The molecule has 0 atom stereocenters. The van der Waals surface area contributed by atoms with Crippen molar-refractivity contribution in [3.63, 3.8) is 0 Å². The molecule has 1 heterocycles. The predicted octanol–water partition coefficient (Wildman–Crippen LogP) is 4.64. The monoisotopic (exact) mass is 353 g/mol. The fraction of sp³-hybridized carbons (Fsp3) is 0.100. The third-order valence-electron chi connectivity index (χ3n) is 3.57. The second-order valence-corrected chi connectivity index (χ2v) is 5.92. The van der Waals surface area contributed by atoms with Gasteiger partial charge in [-0.25, -0.2) is 9.79 Å². The number of hydrogen-bond acceptors (Lipinski definition) is 4. The number of benzene rings is 2. The van der Waals surface area contributed by atoms with Crippen LogP contribution in [0.25, 0.3) is 6.08 Å². The van der Waals surface area contributed by atoms with Gasteiger partial charge in [-0.3, -0.25) is 0 Å². The number of ether oxygens (including phenoxy) is 2. The summed E-state index contributed by atoms with van der Waals surface area (Å²) in [4.78, 5) is 16.4. The molecule has 0 radical (unpaired) electrons. The van der Waals surface area contributed by atoms with Gasteiger partial charge in [-0.15, -0.1) is 0 Å². The molecule has 126 valence electrons. The van der Waals surface area contributed by atoms with Gasteiger partial charge in [0.05, 0.1) is 12.7 Å². The number of carbonyl (C=O) groups excluding carboxylic acids is 1. The first-order chi connectivity index (χ1) is 12.1. The Morgan fingerprint density at radius 3 is 2.68 bits per heavy atom. The molecular formula is C20H16ClNO3. The number of aliphatic imine (C=N–C) groups is 1. The lowest BCUT2D eigenvalue weighted by molar-refractivity contribution is -0.130. The number of cyclic esters (lactones) is 1. The maximum atomic E-state index is 12.1. The van der Waals surface area contributed by atoms with Crippen molar-refractivity contribution in [2.45, 2.75) is 6.92 Å². The molecule has 1 aliphatic rings. The summed E-state index contributed by atoms with van der Waals surface area (Å²) in [6, 6.07) is 14.9. The normalized spacial score (nSPS) is 16.0. The second kappa shape index (κ2) is 7.36. The summed E-state index contributed by atoms with van der Waals surface area (Å²) in [5, 5.41) is 0.507. The Morgan fingerprint density at radius 1 is 1.20 bits per heavy atom. The van der Waals surface area contributed by atoms with Crippen molar-refractivity contribution < 1.29 is 14.3 Å². The van der Waals surface area contributed by atoms with Gasteiger partial charge in [0.2, 0.25) is 5.90 Å². The molecule has 2 aromatic rings. The molecule has 25 heavy (non-hydrogen) atoms. The third-order valence-corrected chi connectivity index (χ3v) is 3.81. The Bertz CT molecular complexity index is 898. The molecule has 1 aliphatic heterocycles. The quantitative estimate of drug-likeness (QED) is 0.594. The van der Waals surface area contributed by atoms with Gasteiger partial charge >= 0.3 is 5.97 Å². The molecule has 0 bridgehead atoms. The smallest absolute Gasteiger partial charge is 0.363 e. The van der Waals surface area contributed by atoms with Crippen molar-refractivity contribution in [3.8, 4) is 5.75 Å². The highest BCUT2D eigenvalue weighted by molar-refractivity contribution is 6.31. The molecule has 0 aromatic heterocycles. The Hall–Kier alpha value is -2.85. The summed E-state index contributed by atoms with van der Waals surface area (Å²) in [5.74, 6) is 0.217. The van der Waals surface area contributed by atoms with E-state index in [1.165, 1.54) is 7.11 Å². The van der Waals surface area contributed by atoms with Crippen LogP contribution in [-0.4, -0.2) is 19.0 Å². The van der Waals surface area contributed by atoms with E-state index in [1.54, 1.807) is 24.3 Å². The highest BCUT2D eigenvalue weighted by Gasteiger charge is 2.26. The predicted molar refractivity (Wildman–Crippen MR) is 98.8 cm³/mol. The summed E-state index contributed by atoms with van der Waals surface area (Å²) >= 11 is 6.02. The minimum atomic E-state index is -0.502. The number of nitrogens with zero attached hydrogens (tertiary/aromatic N) is 1. The van der Waals surface area contributed by atoms with Crippen LogP contribution < -0.4 is 4.74 Å². The molecule has 0 amide bonds. The molecule has 5 heteroatoms. The van der Waals surface area contributed by atoms with Gasteiger partial charge in [0.1, 0.15) is 5.75 Å². The third kappa shape index (κ3) is 3.98. The van der Waals surface area contributed by atoms with Gasteiger partial charge in [0.15, 0.2) is 5.70 Å². The Labute approximate surface area is 151 Å². The van der Waals surface area contributed by atoms with Gasteiger partial charge in [0, 0.05) is 5.02 Å². The van der Waals surface area contributed by atoms with Gasteiger partial charge in [-0.1, -0.05) is 48.0 Å². The largest absolute Gasteiger partial charge is 0.496 e. The Kier molecular flexibility index (Phi) is 5.00. The van der Waals surface area contributed by atoms with Gasteiger partial charge in [-0.05, 0) is 42.3 Å². The van der Waals surface area contributed by atoms with Crippen LogP contribution in [0.5, 0.6) is 5.75 Å². The molecule has 0 saturated heterocycles. The molecule has 0 spiro atoms. The van der Waals surface area contributed by atoms with Crippen LogP contribution in [0, 0.1) is 0 Å². The van der Waals surface area contributed by atoms with Crippen LogP contribution in [0.3, 0.4) is 0 Å². The van der Waals surface area contributed by atoms with Crippen LogP contribution >= 0.6 is 11.6 Å². The molecule has 3 rings (SSSR count). The lowest BCUT2D eigenvalue weighted by Gasteiger charge is -2.07. The zero-order chi connectivity index (χ0) is 17.8. The van der Waals surface area contributed by atoms with E-state index >= 15 is 0 Å². The Morgan fingerprint density at radius 2 is 1.96 bits per heavy atom. The van der Waals surface area contributed by atoms with Crippen molar-refractivity contribution in [3.05, 3.63) is 82.0 Å². The average molecular weight is 354 g/mol. The number of rotatable bonds is 4. The first-order valence-corrected chi connectivity index (χ1v) is 8.04. The van der Waals surface area contributed by atoms with E-state index in [9.17, 15) is 4.79 Å². The maximum Gasteiger partial charge on any atom is 0.363 e. The minimum absolute atomic E-state index is 0.183. The number of esters is 1. The van der Waals surface area contributed by atoms with Crippen LogP contribution in [0.1, 0.15) is 18.1 Å². The molecule has 0 unspecified atom stereocenters. The standard InChI is InChI=1S/C20H16ClNO3/c1-13(10-14-6-4-3-5-7-14)11-17-20(23)25-19(22-17)16-12-15(21)8-9-18(16)24-2/h3-12H,1-2H3/b13-10+,17-11-. The topological polar surface area (TPSA) is 47.9 Å². The highest BCUT2D eigenvalue weighted by atomic mass is 35.5. The maximum absolute atomic E-state index is 12.1. The first-order valence-electron chi connectivity index (χ1n) is 7.66. The summed E-state index contributed by atoms with van der Waals surface area (Å²) < 4.78 is 10.6. The minimum Gasteiger partial charge on any atom is -0.496 e. The van der Waals surface area contributed by atoms with Gasteiger partial charge in [0.25, 0.3) is 0 Å². The second-order valence-electron chi connectivity index (χ2n) is 5.48. The van der Waals surface area contributed by atoms with Crippen molar-refractivity contribution in [1.29, 1.82) is 0 Å². The van der Waals surface area contributed by atoms with Gasteiger partial charge < -0.3 is 9.47 Å². The molecule has 0 saturated carbocycles. The summed E-state index contributed by atoms with van der Waals surface area (Å²) in [6.45, 7) is 1.90. The zero-order valence-corrected chi connectivity index (χ0v) is 14.6. The molecular weight excluding hydrogens is 338 g/mol. The highest BCUT2D eigenvalue weighted by Crippen LogP contribution is 2.27. The van der Waals surface area contributed by atoms with Crippen LogP contribution in [-0.2, 0) is 9.53 Å². The van der Waals surface area contributed by atoms with Crippen molar-refractivity contribution >= 4 is 29.5 Å². The molecule has 2 aromatic carbocycles. The molecule has 0 N–H and O–H groups in total. The fourth-order valence-electron chi connectivity index (χ4n) is 2.44. The van der Waals surface area contributed by atoms with Crippen LogP contribution in [0.15, 0.2) is 70.9 Å². The summed E-state index contributed by atoms with van der Waals surface area (Å²) in [6.07, 6.45) is 3.66. The average Bonchev–Trinajstić information content (AvgIpc) is 2.96. The Balaban J connectivity index is 1.93. The first kappa shape index (κ1) is 17.0. The summed E-state index contributed by atoms with van der Waals surface area (Å²) in [5.41, 5.74) is 2.71. The van der Waals surface area contributed by atoms with E-state index in [2.05, 4.69) is 4.99 Å². The lowest BCUT2D eigenvalue weighted by Crippen LogP contribution is -2.07. The number of allylic oxidation sites excluding steroid dienone is 2. The van der Waals surface area contributed by atoms with Crippen molar-refractivity contribution in [1.82, 2.24) is 0 Å². The van der Waals surface area contributed by atoms with Crippen molar-refractivity contribution in [2.24, 2.45) is 4.99 Å². The fourth-order valence-corrected chi connectivity index (χ4v) is 2.61. The zero-order valence-electron chi connectivity index (χ0n) is 13.8. The number of carbonyl (C=O) groups is 1. The van der Waals surface area contributed by atoms with E-state index in [0.717, 1.165) is 11.1 Å². The lowest BCUT2D eigenvalue weighted by atomic mass is 10.1. The number of methoxy groups -OCH3 is 1. The van der Waals surface area contributed by atoms with Crippen molar-refractivity contribution in [2.75, 3.05) is 7.11 Å². The van der Waals surface area contributed by atoms with E-state index in [4.69, 9.17) is 21.1 Å². The van der Waals surface area contributed by atoms with E-state index in [1.807, 2.05) is 43.3 Å². The molecule has 0 fully saturated rings. The van der Waals surface area contributed by atoms with Crippen LogP contribution in [0.2, 0.25) is 5.02 Å². The summed E-state index contributed by atoms with van der Waals surface area (Å²) in [7, 11) is 1.54. The van der Waals surface area contributed by atoms with Gasteiger partial charge in [-0.2, -0.15) is 0 Å².